The Kier molecular flexibility index (Phi) is 5.61. The molecule has 0 aliphatic heterocycles. The Balaban J connectivity index is 1.76. The summed E-state index contributed by atoms with van der Waals surface area (Å²) in [5.74, 6) is 1.09. The van der Waals surface area contributed by atoms with Crippen LogP contribution in [0.25, 0.3) is 0 Å². The van der Waals surface area contributed by atoms with Crippen molar-refractivity contribution in [1.82, 2.24) is 0 Å². The molecule has 3 aromatic rings. The molecule has 3 rings (SSSR count). The largest absolute Gasteiger partial charge is 0.459 e. The van der Waals surface area contributed by atoms with Gasteiger partial charge < -0.3 is 20.5 Å². The van der Waals surface area contributed by atoms with Gasteiger partial charge in [-0.1, -0.05) is 18.2 Å². The zero-order chi connectivity index (χ0) is 19.2. The summed E-state index contributed by atoms with van der Waals surface area (Å²) in [7, 11) is 0. The highest BCUT2D eigenvalue weighted by Crippen LogP contribution is 2.27. The standard InChI is InChI=1S/C22H22N2O3/c1-15(2)26-22(25)20-14-16(23)8-13-21(20)24-17-9-11-19(12-10-17)27-18-6-4-3-5-7-18/h3-15,24H,23H2,1-2H3. The first kappa shape index (κ1) is 18.3. The summed E-state index contributed by atoms with van der Waals surface area (Å²) >= 11 is 0. The second-order valence-corrected chi connectivity index (χ2v) is 6.32. The molecular formula is C22H22N2O3. The minimum Gasteiger partial charge on any atom is -0.459 e. The summed E-state index contributed by atoms with van der Waals surface area (Å²) in [5, 5.41) is 3.23. The molecule has 5 heteroatoms. The number of hydrogen-bond donors (Lipinski definition) is 2. The third kappa shape index (κ3) is 5.01. The molecular weight excluding hydrogens is 340 g/mol. The molecule has 138 valence electrons. The van der Waals surface area contributed by atoms with Crippen LogP contribution in [0, 0.1) is 0 Å². The van der Waals surface area contributed by atoms with E-state index in [9.17, 15) is 4.79 Å². The highest BCUT2D eigenvalue weighted by Gasteiger charge is 2.15. The SMILES string of the molecule is CC(C)OC(=O)c1cc(N)ccc1Nc1ccc(Oc2ccccc2)cc1. The van der Waals surface area contributed by atoms with Crippen molar-refractivity contribution in [2.75, 3.05) is 11.1 Å². The van der Waals surface area contributed by atoms with Crippen LogP contribution in [0.15, 0.2) is 72.8 Å². The van der Waals surface area contributed by atoms with E-state index in [0.717, 1.165) is 17.2 Å². The number of para-hydroxylation sites is 1. The van der Waals surface area contributed by atoms with Gasteiger partial charge >= 0.3 is 5.97 Å². The maximum Gasteiger partial charge on any atom is 0.340 e. The topological polar surface area (TPSA) is 73.6 Å². The lowest BCUT2D eigenvalue weighted by molar-refractivity contribution is 0.0379. The summed E-state index contributed by atoms with van der Waals surface area (Å²) in [6.45, 7) is 3.62. The van der Waals surface area contributed by atoms with Crippen molar-refractivity contribution in [3.05, 3.63) is 78.4 Å². The Morgan fingerprint density at radius 1 is 0.926 bits per heavy atom. The molecule has 0 atom stereocenters. The van der Waals surface area contributed by atoms with Crippen LogP contribution < -0.4 is 15.8 Å². The minimum atomic E-state index is -0.413. The van der Waals surface area contributed by atoms with E-state index in [1.807, 2.05) is 68.4 Å². The molecule has 0 aliphatic rings. The number of nitrogens with two attached hydrogens (primary N) is 1. The Bertz CT molecular complexity index is 907. The van der Waals surface area contributed by atoms with Crippen molar-refractivity contribution in [2.24, 2.45) is 0 Å². The molecule has 0 amide bonds. The summed E-state index contributed by atoms with van der Waals surface area (Å²) in [6.07, 6.45) is -0.207. The van der Waals surface area contributed by atoms with Crippen molar-refractivity contribution < 1.29 is 14.3 Å². The van der Waals surface area contributed by atoms with E-state index in [-0.39, 0.29) is 6.10 Å². The maximum absolute atomic E-state index is 12.3. The second kappa shape index (κ2) is 8.27. The zero-order valence-corrected chi connectivity index (χ0v) is 15.3. The van der Waals surface area contributed by atoms with Crippen molar-refractivity contribution >= 4 is 23.0 Å². The third-order valence-electron chi connectivity index (χ3n) is 3.72. The van der Waals surface area contributed by atoms with Crippen LogP contribution in [0.3, 0.4) is 0 Å². The highest BCUT2D eigenvalue weighted by atomic mass is 16.5. The average molecular weight is 362 g/mol. The molecule has 0 heterocycles. The molecule has 0 saturated heterocycles. The van der Waals surface area contributed by atoms with E-state index in [1.165, 1.54) is 0 Å². The van der Waals surface area contributed by atoms with Crippen LogP contribution in [0.5, 0.6) is 11.5 Å². The molecule has 0 saturated carbocycles. The van der Waals surface area contributed by atoms with Crippen LogP contribution in [-0.2, 0) is 4.74 Å². The monoisotopic (exact) mass is 362 g/mol. The predicted molar refractivity (Wildman–Crippen MR) is 108 cm³/mol. The van der Waals surface area contributed by atoms with Crippen LogP contribution in [0.4, 0.5) is 17.1 Å². The smallest absolute Gasteiger partial charge is 0.340 e. The molecule has 27 heavy (non-hydrogen) atoms. The maximum atomic E-state index is 12.3. The number of nitrogen functional groups attached to an aromatic ring is 1. The van der Waals surface area contributed by atoms with Crippen molar-refractivity contribution in [2.45, 2.75) is 20.0 Å². The predicted octanol–water partition coefficient (Wildman–Crippen LogP) is 5.37. The van der Waals surface area contributed by atoms with Crippen molar-refractivity contribution in [3.8, 4) is 11.5 Å². The highest BCUT2D eigenvalue weighted by molar-refractivity contribution is 5.97. The summed E-state index contributed by atoms with van der Waals surface area (Å²) in [4.78, 5) is 12.3. The van der Waals surface area contributed by atoms with E-state index in [0.29, 0.717) is 16.9 Å². The Labute approximate surface area is 158 Å². The number of carbonyl (C=O) groups excluding carboxylic acids is 1. The fourth-order valence-corrected chi connectivity index (χ4v) is 2.50. The van der Waals surface area contributed by atoms with E-state index >= 15 is 0 Å². The van der Waals surface area contributed by atoms with Gasteiger partial charge in [0.2, 0.25) is 0 Å². The number of hydrogen-bond acceptors (Lipinski definition) is 5. The summed E-state index contributed by atoms with van der Waals surface area (Å²) in [5.41, 5.74) is 8.18. The van der Waals surface area contributed by atoms with Gasteiger partial charge in [0.25, 0.3) is 0 Å². The lowest BCUT2D eigenvalue weighted by atomic mass is 10.1. The normalized spacial score (nSPS) is 10.5. The number of ether oxygens (including phenoxy) is 2. The molecule has 5 nitrogen and oxygen atoms in total. The van der Waals surface area contributed by atoms with Gasteiger partial charge in [0.15, 0.2) is 0 Å². The number of rotatable bonds is 6. The second-order valence-electron chi connectivity index (χ2n) is 6.32. The Morgan fingerprint density at radius 3 is 2.26 bits per heavy atom. The molecule has 3 N–H and O–H groups in total. The average Bonchev–Trinajstić information content (AvgIpc) is 2.65. The fourth-order valence-electron chi connectivity index (χ4n) is 2.50. The van der Waals surface area contributed by atoms with Gasteiger partial charge in [0.05, 0.1) is 17.4 Å². The van der Waals surface area contributed by atoms with Gasteiger partial charge in [-0.15, -0.1) is 0 Å². The molecule has 0 fully saturated rings. The molecule has 0 aromatic heterocycles. The van der Waals surface area contributed by atoms with Crippen molar-refractivity contribution in [1.29, 1.82) is 0 Å². The summed E-state index contributed by atoms with van der Waals surface area (Å²) in [6, 6.07) is 22.2. The number of carbonyl (C=O) groups is 1. The van der Waals surface area contributed by atoms with Crippen LogP contribution in [0.2, 0.25) is 0 Å². The molecule has 0 aliphatic carbocycles. The number of anilines is 3. The lowest BCUT2D eigenvalue weighted by Gasteiger charge is -2.14. The molecule has 0 bridgehead atoms. The number of benzene rings is 3. The first-order valence-electron chi connectivity index (χ1n) is 8.72. The van der Waals surface area contributed by atoms with Crippen molar-refractivity contribution in [3.63, 3.8) is 0 Å². The summed E-state index contributed by atoms with van der Waals surface area (Å²) < 4.78 is 11.1. The molecule has 0 unspecified atom stereocenters. The van der Waals surface area contributed by atoms with E-state index in [4.69, 9.17) is 15.2 Å². The first-order valence-corrected chi connectivity index (χ1v) is 8.72. The van der Waals surface area contributed by atoms with Crippen LogP contribution >= 0.6 is 0 Å². The van der Waals surface area contributed by atoms with Crippen LogP contribution in [-0.4, -0.2) is 12.1 Å². The van der Waals surface area contributed by atoms with Gasteiger partial charge in [0, 0.05) is 11.4 Å². The molecule has 0 radical (unpaired) electrons. The van der Waals surface area contributed by atoms with Crippen LogP contribution in [0.1, 0.15) is 24.2 Å². The fraction of sp³-hybridized carbons (Fsp3) is 0.136. The number of nitrogens with one attached hydrogen (secondary N) is 1. The van der Waals surface area contributed by atoms with Gasteiger partial charge in [-0.2, -0.15) is 0 Å². The molecule has 3 aromatic carbocycles. The van der Waals surface area contributed by atoms with Gasteiger partial charge in [-0.25, -0.2) is 4.79 Å². The number of esters is 1. The van der Waals surface area contributed by atoms with Gasteiger partial charge in [-0.3, -0.25) is 0 Å². The van der Waals surface area contributed by atoms with E-state index < -0.39 is 5.97 Å². The van der Waals surface area contributed by atoms with Gasteiger partial charge in [-0.05, 0) is 68.4 Å². The van der Waals surface area contributed by atoms with E-state index in [1.54, 1.807) is 18.2 Å². The Morgan fingerprint density at radius 2 is 1.59 bits per heavy atom. The quantitative estimate of drug-likeness (QED) is 0.455. The first-order chi connectivity index (χ1) is 13.0. The third-order valence-corrected chi connectivity index (χ3v) is 3.72. The minimum absolute atomic E-state index is 0.207. The molecule has 0 spiro atoms. The lowest BCUT2D eigenvalue weighted by Crippen LogP contribution is -2.13. The zero-order valence-electron chi connectivity index (χ0n) is 15.3. The van der Waals surface area contributed by atoms with E-state index in [2.05, 4.69) is 5.32 Å². The Hall–Kier alpha value is -3.47. The van der Waals surface area contributed by atoms with Gasteiger partial charge in [0.1, 0.15) is 11.5 Å².